The Kier molecular flexibility index (Phi) is 3.28. The van der Waals surface area contributed by atoms with Gasteiger partial charge >= 0.3 is 0 Å². The van der Waals surface area contributed by atoms with Gasteiger partial charge in [0.05, 0.1) is 11.3 Å². The summed E-state index contributed by atoms with van der Waals surface area (Å²) in [7, 11) is 0. The second kappa shape index (κ2) is 4.94. The van der Waals surface area contributed by atoms with E-state index in [1.807, 2.05) is 0 Å². The molecule has 100 valence electrons. The highest BCUT2D eigenvalue weighted by Crippen LogP contribution is 2.37. The van der Waals surface area contributed by atoms with Gasteiger partial charge in [-0.15, -0.1) is 11.8 Å². The summed E-state index contributed by atoms with van der Waals surface area (Å²) >= 11 is 1.54. The normalized spacial score (nSPS) is 17.2. The maximum Gasteiger partial charge on any atom is 0.246 e. The summed E-state index contributed by atoms with van der Waals surface area (Å²) in [4.78, 5) is 5.31. The predicted octanol–water partition coefficient (Wildman–Crippen LogP) is 2.84. The first-order valence-corrected chi connectivity index (χ1v) is 7.15. The molecule has 0 aliphatic heterocycles. The zero-order valence-corrected chi connectivity index (χ0v) is 11.1. The van der Waals surface area contributed by atoms with Crippen LogP contribution in [0.25, 0.3) is 0 Å². The van der Waals surface area contributed by atoms with Crippen LogP contribution in [-0.4, -0.2) is 10.1 Å². The third-order valence-corrected chi connectivity index (χ3v) is 4.33. The van der Waals surface area contributed by atoms with Crippen molar-refractivity contribution < 1.29 is 8.91 Å². The van der Waals surface area contributed by atoms with E-state index in [0.29, 0.717) is 17.5 Å². The number of rotatable bonds is 4. The minimum Gasteiger partial charge on any atom is -0.337 e. The average molecular weight is 279 g/mol. The molecule has 6 heteroatoms. The Balaban J connectivity index is 1.63. The van der Waals surface area contributed by atoms with Gasteiger partial charge in [-0.05, 0) is 43.5 Å². The first kappa shape index (κ1) is 12.6. The van der Waals surface area contributed by atoms with Crippen molar-refractivity contribution in [3.63, 3.8) is 0 Å². The third-order valence-electron chi connectivity index (χ3n) is 3.32. The van der Waals surface area contributed by atoms with Gasteiger partial charge in [-0.2, -0.15) is 4.98 Å². The first-order chi connectivity index (χ1) is 9.16. The van der Waals surface area contributed by atoms with E-state index in [4.69, 9.17) is 10.3 Å². The van der Waals surface area contributed by atoms with Crippen molar-refractivity contribution in [1.82, 2.24) is 10.1 Å². The Morgan fingerprint density at radius 3 is 2.68 bits per heavy atom. The quantitative estimate of drug-likeness (QED) is 0.872. The van der Waals surface area contributed by atoms with Gasteiger partial charge < -0.3 is 10.3 Å². The molecule has 1 aliphatic rings. The smallest absolute Gasteiger partial charge is 0.246 e. The molecule has 0 unspecified atom stereocenters. The lowest BCUT2D eigenvalue weighted by Gasteiger charge is -2.33. The first-order valence-electron chi connectivity index (χ1n) is 6.16. The maximum absolute atomic E-state index is 12.8. The molecule has 1 heterocycles. The largest absolute Gasteiger partial charge is 0.337 e. The number of hydrogen-bond acceptors (Lipinski definition) is 5. The van der Waals surface area contributed by atoms with Crippen LogP contribution in [0.2, 0.25) is 0 Å². The van der Waals surface area contributed by atoms with Crippen LogP contribution < -0.4 is 5.73 Å². The molecular weight excluding hydrogens is 265 g/mol. The maximum atomic E-state index is 12.8. The van der Waals surface area contributed by atoms with Gasteiger partial charge in [0, 0.05) is 4.90 Å². The summed E-state index contributed by atoms with van der Waals surface area (Å²) in [5.74, 6) is 1.52. The van der Waals surface area contributed by atoms with Crippen LogP contribution in [0, 0.1) is 5.82 Å². The molecule has 0 saturated heterocycles. The number of benzene rings is 1. The molecule has 1 aromatic carbocycles. The van der Waals surface area contributed by atoms with Gasteiger partial charge in [-0.25, -0.2) is 4.39 Å². The van der Waals surface area contributed by atoms with E-state index < -0.39 is 5.54 Å². The number of halogens is 1. The van der Waals surface area contributed by atoms with Gasteiger partial charge in [0.25, 0.3) is 0 Å². The van der Waals surface area contributed by atoms with Crippen LogP contribution in [0.1, 0.15) is 31.0 Å². The summed E-state index contributed by atoms with van der Waals surface area (Å²) in [6.45, 7) is 0. The molecule has 4 nitrogen and oxygen atoms in total. The summed E-state index contributed by atoms with van der Waals surface area (Å²) in [5, 5.41) is 3.94. The number of nitrogens with zero attached hydrogens (tertiary/aromatic N) is 2. The minimum atomic E-state index is -0.411. The summed E-state index contributed by atoms with van der Waals surface area (Å²) in [6, 6.07) is 6.34. The van der Waals surface area contributed by atoms with E-state index in [0.717, 1.165) is 24.2 Å². The fourth-order valence-corrected chi connectivity index (χ4v) is 2.71. The zero-order chi connectivity index (χ0) is 13.3. The fraction of sp³-hybridized carbons (Fsp3) is 0.385. The van der Waals surface area contributed by atoms with E-state index in [1.165, 1.54) is 23.9 Å². The molecule has 1 fully saturated rings. The molecule has 2 aromatic rings. The van der Waals surface area contributed by atoms with Crippen molar-refractivity contribution in [2.24, 2.45) is 5.73 Å². The van der Waals surface area contributed by atoms with Gasteiger partial charge in [-0.1, -0.05) is 5.16 Å². The van der Waals surface area contributed by atoms with Gasteiger partial charge in [0.2, 0.25) is 5.89 Å². The van der Waals surface area contributed by atoms with Gasteiger partial charge in [0.15, 0.2) is 5.82 Å². The van der Waals surface area contributed by atoms with Gasteiger partial charge in [0.1, 0.15) is 5.82 Å². The van der Waals surface area contributed by atoms with E-state index >= 15 is 0 Å². The number of aromatic nitrogens is 2. The molecule has 0 bridgehead atoms. The van der Waals surface area contributed by atoms with Crippen LogP contribution in [0.5, 0.6) is 0 Å². The molecule has 1 saturated carbocycles. The zero-order valence-electron chi connectivity index (χ0n) is 10.3. The molecule has 0 atom stereocenters. The third kappa shape index (κ3) is 2.64. The second-order valence-electron chi connectivity index (χ2n) is 4.77. The highest BCUT2D eigenvalue weighted by Gasteiger charge is 2.39. The molecule has 3 rings (SSSR count). The Hall–Kier alpha value is -1.40. The molecule has 2 N–H and O–H groups in total. The van der Waals surface area contributed by atoms with Crippen LogP contribution in [-0.2, 0) is 11.3 Å². The lowest BCUT2D eigenvalue weighted by Crippen LogP contribution is -2.43. The minimum absolute atomic E-state index is 0.235. The van der Waals surface area contributed by atoms with Crippen molar-refractivity contribution in [2.45, 2.75) is 35.4 Å². The summed E-state index contributed by atoms with van der Waals surface area (Å²) < 4.78 is 18.0. The Morgan fingerprint density at radius 1 is 1.32 bits per heavy atom. The van der Waals surface area contributed by atoms with E-state index in [1.54, 1.807) is 12.1 Å². The fourth-order valence-electron chi connectivity index (χ4n) is 1.97. The van der Waals surface area contributed by atoms with Crippen molar-refractivity contribution in [3.8, 4) is 0 Å². The van der Waals surface area contributed by atoms with E-state index in [9.17, 15) is 4.39 Å². The Labute approximate surface area is 114 Å². The van der Waals surface area contributed by atoms with E-state index in [2.05, 4.69) is 10.1 Å². The van der Waals surface area contributed by atoms with Crippen LogP contribution in [0.3, 0.4) is 0 Å². The average Bonchev–Trinajstić information content (AvgIpc) is 2.84. The summed E-state index contributed by atoms with van der Waals surface area (Å²) in [5.41, 5.74) is 5.71. The summed E-state index contributed by atoms with van der Waals surface area (Å²) in [6.07, 6.45) is 2.91. The molecule has 0 spiro atoms. The number of nitrogens with two attached hydrogens (primary N) is 1. The Morgan fingerprint density at radius 2 is 2.05 bits per heavy atom. The van der Waals surface area contributed by atoms with Crippen molar-refractivity contribution in [3.05, 3.63) is 41.8 Å². The van der Waals surface area contributed by atoms with Crippen LogP contribution in [0.15, 0.2) is 33.7 Å². The predicted molar refractivity (Wildman–Crippen MR) is 70.0 cm³/mol. The van der Waals surface area contributed by atoms with Gasteiger partial charge in [-0.3, -0.25) is 0 Å². The Bertz CT molecular complexity index is 566. The SMILES string of the molecule is NC1(c2nc(CSc3ccc(F)cc3)no2)CCC1. The molecule has 1 aromatic heterocycles. The molecule has 0 radical (unpaired) electrons. The lowest BCUT2D eigenvalue weighted by molar-refractivity contribution is 0.181. The molecule has 0 amide bonds. The van der Waals surface area contributed by atoms with E-state index in [-0.39, 0.29) is 5.82 Å². The second-order valence-corrected chi connectivity index (χ2v) is 5.82. The monoisotopic (exact) mass is 279 g/mol. The molecule has 1 aliphatic carbocycles. The number of thioether (sulfide) groups is 1. The van der Waals surface area contributed by atoms with Crippen molar-refractivity contribution in [1.29, 1.82) is 0 Å². The van der Waals surface area contributed by atoms with Crippen LogP contribution in [0.4, 0.5) is 4.39 Å². The van der Waals surface area contributed by atoms with Crippen LogP contribution >= 0.6 is 11.8 Å². The highest BCUT2D eigenvalue weighted by atomic mass is 32.2. The van der Waals surface area contributed by atoms with Crippen molar-refractivity contribution >= 4 is 11.8 Å². The molecular formula is C13H14FN3OS. The lowest BCUT2D eigenvalue weighted by atomic mass is 9.78. The standard InChI is InChI=1S/C13H14FN3OS/c14-9-2-4-10(5-3-9)19-8-11-16-12(18-17-11)13(15)6-1-7-13/h2-5H,1,6-8,15H2. The topological polar surface area (TPSA) is 64.9 Å². The highest BCUT2D eigenvalue weighted by molar-refractivity contribution is 7.98. The number of hydrogen-bond donors (Lipinski definition) is 1. The van der Waals surface area contributed by atoms with Crippen molar-refractivity contribution in [2.75, 3.05) is 0 Å². The molecule has 19 heavy (non-hydrogen) atoms.